The number of pyridine rings is 1. The van der Waals surface area contributed by atoms with Crippen LogP contribution in [0.1, 0.15) is 54.6 Å². The van der Waals surface area contributed by atoms with E-state index in [9.17, 15) is 4.79 Å². The van der Waals surface area contributed by atoms with E-state index in [4.69, 9.17) is 11.6 Å². The van der Waals surface area contributed by atoms with Crippen LogP contribution in [0.25, 0.3) is 16.9 Å². The fourth-order valence-electron chi connectivity index (χ4n) is 3.29. The van der Waals surface area contributed by atoms with Crippen molar-refractivity contribution in [1.29, 1.82) is 0 Å². The summed E-state index contributed by atoms with van der Waals surface area (Å²) in [6, 6.07) is 8.79. The molecule has 0 aliphatic carbocycles. The highest BCUT2D eigenvalue weighted by Crippen LogP contribution is 2.26. The van der Waals surface area contributed by atoms with Gasteiger partial charge in [0.15, 0.2) is 0 Å². The summed E-state index contributed by atoms with van der Waals surface area (Å²) in [4.78, 5) is 30.3. The molecule has 1 N–H and O–H groups in total. The van der Waals surface area contributed by atoms with Gasteiger partial charge >= 0.3 is 0 Å². The molecule has 0 aliphatic rings. The maximum Gasteiger partial charge on any atom is 0.251 e. The van der Waals surface area contributed by atoms with Crippen LogP contribution in [0.2, 0.25) is 5.02 Å². The summed E-state index contributed by atoms with van der Waals surface area (Å²) in [5, 5.41) is 7.90. The van der Waals surface area contributed by atoms with Gasteiger partial charge in [0.25, 0.3) is 5.91 Å². The van der Waals surface area contributed by atoms with E-state index in [0.29, 0.717) is 22.0 Å². The van der Waals surface area contributed by atoms with E-state index in [2.05, 4.69) is 30.4 Å². The molecule has 0 saturated carbocycles. The molecule has 8 nitrogen and oxygen atoms in total. The number of nitrogens with one attached hydrogen (secondary N) is 1. The number of hydrogen-bond acceptors (Lipinski definition) is 6. The summed E-state index contributed by atoms with van der Waals surface area (Å²) in [5.74, 6) is 0.709. The van der Waals surface area contributed by atoms with Gasteiger partial charge in [-0.3, -0.25) is 19.7 Å². The first-order valence-corrected chi connectivity index (χ1v) is 10.5. The monoisotopic (exact) mass is 447 g/mol. The first kappa shape index (κ1) is 21.6. The fourth-order valence-corrected chi connectivity index (χ4v) is 3.40. The van der Waals surface area contributed by atoms with Crippen molar-refractivity contribution in [3.8, 4) is 16.9 Å². The third kappa shape index (κ3) is 4.65. The Labute approximate surface area is 190 Å². The second-order valence-electron chi connectivity index (χ2n) is 7.64. The predicted octanol–water partition coefficient (Wildman–Crippen LogP) is 4.39. The lowest BCUT2D eigenvalue weighted by atomic mass is 10.0. The van der Waals surface area contributed by atoms with Crippen LogP contribution in [-0.4, -0.2) is 35.6 Å². The molecular weight excluding hydrogens is 426 g/mol. The Morgan fingerprint density at radius 3 is 2.56 bits per heavy atom. The summed E-state index contributed by atoms with van der Waals surface area (Å²) in [5.41, 5.74) is 3.32. The van der Waals surface area contributed by atoms with Gasteiger partial charge in [-0.2, -0.15) is 5.10 Å². The smallest absolute Gasteiger partial charge is 0.251 e. The summed E-state index contributed by atoms with van der Waals surface area (Å²) in [7, 11) is 0. The average molecular weight is 448 g/mol. The Bertz CT molecular complexity index is 1220. The van der Waals surface area contributed by atoms with Crippen LogP contribution in [0, 0.1) is 0 Å². The summed E-state index contributed by atoms with van der Waals surface area (Å²) in [6.07, 6.45) is 7.92. The van der Waals surface area contributed by atoms with Crippen LogP contribution in [0.3, 0.4) is 0 Å². The molecule has 1 amide bonds. The zero-order valence-corrected chi connectivity index (χ0v) is 18.7. The van der Waals surface area contributed by atoms with Gasteiger partial charge in [0, 0.05) is 35.6 Å². The van der Waals surface area contributed by atoms with Crippen molar-refractivity contribution in [2.75, 3.05) is 0 Å². The summed E-state index contributed by atoms with van der Waals surface area (Å²) < 4.78 is 1.74. The quantitative estimate of drug-likeness (QED) is 0.470. The number of benzene rings is 1. The van der Waals surface area contributed by atoms with Gasteiger partial charge in [0.2, 0.25) is 0 Å². The number of amides is 1. The molecule has 0 aliphatic heterocycles. The van der Waals surface area contributed by atoms with E-state index in [1.54, 1.807) is 47.7 Å². The number of rotatable bonds is 6. The van der Waals surface area contributed by atoms with Crippen molar-refractivity contribution in [2.24, 2.45) is 0 Å². The van der Waals surface area contributed by atoms with Gasteiger partial charge in [-0.25, -0.2) is 9.67 Å². The average Bonchev–Trinajstić information content (AvgIpc) is 3.30. The highest BCUT2D eigenvalue weighted by Gasteiger charge is 2.18. The number of halogens is 1. The molecule has 3 aromatic heterocycles. The fraction of sp³-hybridized carbons (Fsp3) is 0.217. The molecule has 4 aromatic rings. The maximum absolute atomic E-state index is 13.2. The lowest BCUT2D eigenvalue weighted by molar-refractivity contribution is 0.0939. The molecule has 0 bridgehead atoms. The second-order valence-corrected chi connectivity index (χ2v) is 8.08. The lowest BCUT2D eigenvalue weighted by Gasteiger charge is -2.15. The second kappa shape index (κ2) is 9.23. The zero-order chi connectivity index (χ0) is 22.7. The van der Waals surface area contributed by atoms with Crippen LogP contribution in [-0.2, 0) is 0 Å². The molecule has 1 aromatic carbocycles. The van der Waals surface area contributed by atoms with Crippen molar-refractivity contribution in [1.82, 2.24) is 35.0 Å². The Morgan fingerprint density at radius 1 is 1.03 bits per heavy atom. The van der Waals surface area contributed by atoms with Gasteiger partial charge in [-0.1, -0.05) is 25.4 Å². The minimum absolute atomic E-state index is 0.156. The minimum Gasteiger partial charge on any atom is -0.344 e. The number of carbonyl (C=O) groups is 1. The lowest BCUT2D eigenvalue weighted by Crippen LogP contribution is -2.27. The molecule has 3 heterocycles. The topological polar surface area (TPSA) is 98.5 Å². The van der Waals surface area contributed by atoms with Gasteiger partial charge in [0.05, 0.1) is 34.3 Å². The van der Waals surface area contributed by atoms with Crippen LogP contribution < -0.4 is 5.32 Å². The molecule has 0 radical (unpaired) electrons. The van der Waals surface area contributed by atoms with E-state index in [-0.39, 0.29) is 17.9 Å². The SMILES string of the molecule is CC(C)c1ncnn1-c1cc(C(=O)NC(C)c2cnccn2)cc(-c2ccc(Cl)cn2)c1. The Hall–Kier alpha value is -3.65. The molecule has 1 unspecified atom stereocenters. The van der Waals surface area contributed by atoms with E-state index in [1.165, 1.54) is 6.33 Å². The Balaban J connectivity index is 1.75. The van der Waals surface area contributed by atoms with E-state index < -0.39 is 0 Å². The third-order valence-corrected chi connectivity index (χ3v) is 5.14. The molecule has 162 valence electrons. The van der Waals surface area contributed by atoms with Gasteiger partial charge in [-0.05, 0) is 37.3 Å². The molecule has 32 heavy (non-hydrogen) atoms. The highest BCUT2D eigenvalue weighted by molar-refractivity contribution is 6.30. The van der Waals surface area contributed by atoms with Gasteiger partial charge < -0.3 is 5.32 Å². The summed E-state index contributed by atoms with van der Waals surface area (Å²) in [6.45, 7) is 5.95. The molecule has 9 heteroatoms. The molecule has 0 saturated heterocycles. The van der Waals surface area contributed by atoms with Crippen LogP contribution >= 0.6 is 11.6 Å². The summed E-state index contributed by atoms with van der Waals surface area (Å²) >= 11 is 6.00. The van der Waals surface area contributed by atoms with Crippen molar-refractivity contribution in [3.05, 3.63) is 83.6 Å². The third-order valence-electron chi connectivity index (χ3n) is 4.91. The highest BCUT2D eigenvalue weighted by atomic mass is 35.5. The van der Waals surface area contributed by atoms with E-state index in [0.717, 1.165) is 17.1 Å². The van der Waals surface area contributed by atoms with E-state index in [1.807, 2.05) is 32.9 Å². The first-order chi connectivity index (χ1) is 15.4. The molecule has 4 rings (SSSR count). The number of hydrogen-bond donors (Lipinski definition) is 1. The zero-order valence-electron chi connectivity index (χ0n) is 17.9. The van der Waals surface area contributed by atoms with E-state index >= 15 is 0 Å². The Kier molecular flexibility index (Phi) is 6.23. The van der Waals surface area contributed by atoms with Crippen molar-refractivity contribution in [3.63, 3.8) is 0 Å². The van der Waals surface area contributed by atoms with Crippen molar-refractivity contribution >= 4 is 17.5 Å². The normalized spacial score (nSPS) is 12.0. The van der Waals surface area contributed by atoms with Crippen LogP contribution in [0.5, 0.6) is 0 Å². The molecule has 0 fully saturated rings. The van der Waals surface area contributed by atoms with Gasteiger partial charge in [-0.15, -0.1) is 0 Å². The molecule has 0 spiro atoms. The molecule has 1 atom stereocenters. The van der Waals surface area contributed by atoms with Crippen LogP contribution in [0.4, 0.5) is 0 Å². The predicted molar refractivity (Wildman–Crippen MR) is 122 cm³/mol. The largest absolute Gasteiger partial charge is 0.344 e. The number of aromatic nitrogens is 6. The first-order valence-electron chi connectivity index (χ1n) is 10.2. The molecular formula is C23H22ClN7O. The van der Waals surface area contributed by atoms with Gasteiger partial charge in [0.1, 0.15) is 12.2 Å². The van der Waals surface area contributed by atoms with Crippen molar-refractivity contribution < 1.29 is 4.79 Å². The maximum atomic E-state index is 13.2. The standard InChI is InChI=1S/C23H22ClN7O/c1-14(2)22-28-13-29-31(22)19-9-16(20-5-4-18(24)11-27-20)8-17(10-19)23(32)30-15(3)21-12-25-6-7-26-21/h4-15H,1-3H3,(H,30,32). The van der Waals surface area contributed by atoms with Crippen molar-refractivity contribution in [2.45, 2.75) is 32.7 Å². The number of carbonyl (C=O) groups excluding carboxylic acids is 1. The number of nitrogens with zero attached hydrogens (tertiary/aromatic N) is 6. The Morgan fingerprint density at radius 2 is 1.88 bits per heavy atom. The van der Waals surface area contributed by atoms with Crippen LogP contribution in [0.15, 0.2) is 61.4 Å². The minimum atomic E-state index is -0.311.